The average Bonchev–Trinajstić information content (AvgIpc) is 3.29. The van der Waals surface area contributed by atoms with Crippen LogP contribution in [0, 0.1) is 13.8 Å². The molecule has 2 heteroatoms. The molecule has 2 fully saturated rings. The third-order valence-corrected chi connectivity index (χ3v) is 10.6. The monoisotopic (exact) mass is 542 g/mol. The number of phenols is 2. The van der Waals surface area contributed by atoms with Gasteiger partial charge in [-0.1, -0.05) is 87.1 Å². The lowest BCUT2D eigenvalue weighted by Gasteiger charge is -2.38. The van der Waals surface area contributed by atoms with E-state index in [0.717, 1.165) is 47.9 Å². The summed E-state index contributed by atoms with van der Waals surface area (Å²) in [7, 11) is 0. The van der Waals surface area contributed by atoms with Crippen LogP contribution in [0.2, 0.25) is 0 Å². The highest BCUT2D eigenvalue weighted by Crippen LogP contribution is 2.59. The summed E-state index contributed by atoms with van der Waals surface area (Å²) < 4.78 is 0. The van der Waals surface area contributed by atoms with E-state index in [1.807, 2.05) is 12.1 Å². The van der Waals surface area contributed by atoms with Crippen molar-refractivity contribution in [3.63, 3.8) is 0 Å². The molecule has 0 radical (unpaired) electrons. The van der Waals surface area contributed by atoms with E-state index in [9.17, 15) is 10.2 Å². The van der Waals surface area contributed by atoms with Gasteiger partial charge in [-0.15, -0.1) is 0 Å². The number of aryl methyl sites for hydroxylation is 2. The van der Waals surface area contributed by atoms with Crippen LogP contribution in [0.25, 0.3) is 11.1 Å². The molecule has 2 N–H and O–H groups in total. The maximum atomic E-state index is 11.3. The number of fused-ring (bicyclic) bond motifs is 3. The highest BCUT2D eigenvalue weighted by Gasteiger charge is 2.48. The van der Waals surface area contributed by atoms with E-state index in [2.05, 4.69) is 74.5 Å². The summed E-state index contributed by atoms with van der Waals surface area (Å²) in [4.78, 5) is 0. The van der Waals surface area contributed by atoms with Gasteiger partial charge in [0.1, 0.15) is 11.5 Å². The van der Waals surface area contributed by atoms with Gasteiger partial charge in [0.15, 0.2) is 0 Å². The van der Waals surface area contributed by atoms with Crippen LogP contribution in [0.4, 0.5) is 0 Å². The fraction of sp³-hybridized carbons (Fsp3) is 0.385. The number of benzene rings is 4. The van der Waals surface area contributed by atoms with Gasteiger partial charge in [-0.05, 0) is 131 Å². The molecule has 0 saturated heterocycles. The Balaban J connectivity index is 1.57. The second kappa shape index (κ2) is 10.4. The van der Waals surface area contributed by atoms with Gasteiger partial charge in [0, 0.05) is 0 Å². The molecular weight excluding hydrogens is 500 g/mol. The minimum atomic E-state index is -0.532. The summed E-state index contributed by atoms with van der Waals surface area (Å²) in [5, 5.41) is 22.7. The second-order valence-electron chi connectivity index (χ2n) is 13.0. The molecule has 0 atom stereocenters. The molecule has 4 aromatic carbocycles. The zero-order valence-corrected chi connectivity index (χ0v) is 24.5. The Labute approximate surface area is 245 Å². The molecule has 41 heavy (non-hydrogen) atoms. The van der Waals surface area contributed by atoms with Gasteiger partial charge in [-0.25, -0.2) is 0 Å². The lowest BCUT2D eigenvalue weighted by atomic mass is 9.64. The molecule has 2 saturated carbocycles. The van der Waals surface area contributed by atoms with Crippen LogP contribution in [-0.2, 0) is 5.41 Å². The third kappa shape index (κ3) is 4.13. The summed E-state index contributed by atoms with van der Waals surface area (Å²) in [5.41, 5.74) is 11.6. The lowest BCUT2D eigenvalue weighted by Crippen LogP contribution is -2.31. The number of rotatable bonds is 4. The first kappa shape index (κ1) is 26.4. The quantitative estimate of drug-likeness (QED) is 0.237. The van der Waals surface area contributed by atoms with Gasteiger partial charge in [-0.3, -0.25) is 0 Å². The van der Waals surface area contributed by atoms with Crippen LogP contribution in [0.1, 0.15) is 121 Å². The van der Waals surface area contributed by atoms with Crippen molar-refractivity contribution in [3.8, 4) is 22.6 Å². The predicted molar refractivity (Wildman–Crippen MR) is 168 cm³/mol. The molecule has 2 nitrogen and oxygen atoms in total. The van der Waals surface area contributed by atoms with Crippen molar-refractivity contribution in [3.05, 3.63) is 117 Å². The summed E-state index contributed by atoms with van der Waals surface area (Å²) in [5.74, 6) is 1.67. The average molecular weight is 543 g/mol. The van der Waals surface area contributed by atoms with Crippen LogP contribution in [0.5, 0.6) is 11.5 Å². The fourth-order valence-corrected chi connectivity index (χ4v) is 8.67. The first-order valence-corrected chi connectivity index (χ1v) is 15.9. The Kier molecular flexibility index (Phi) is 6.69. The Morgan fingerprint density at radius 2 is 0.902 bits per heavy atom. The molecule has 0 unspecified atom stereocenters. The summed E-state index contributed by atoms with van der Waals surface area (Å²) in [6.07, 6.45) is 12.0. The van der Waals surface area contributed by atoms with E-state index in [4.69, 9.17) is 0 Å². The molecular formula is C39H42O2. The van der Waals surface area contributed by atoms with Gasteiger partial charge in [0.05, 0.1) is 5.41 Å². The highest BCUT2D eigenvalue weighted by atomic mass is 16.3. The molecule has 0 heterocycles. The van der Waals surface area contributed by atoms with E-state index in [1.54, 1.807) is 0 Å². The van der Waals surface area contributed by atoms with Crippen molar-refractivity contribution in [2.75, 3.05) is 0 Å². The summed E-state index contributed by atoms with van der Waals surface area (Å²) in [6, 6.07) is 26.6. The molecule has 0 bridgehead atoms. The molecule has 210 valence electrons. The maximum Gasteiger partial charge on any atom is 0.119 e. The van der Waals surface area contributed by atoms with Gasteiger partial charge < -0.3 is 10.2 Å². The van der Waals surface area contributed by atoms with Crippen LogP contribution in [0.15, 0.2) is 72.8 Å². The van der Waals surface area contributed by atoms with E-state index < -0.39 is 5.41 Å². The molecule has 0 spiro atoms. The minimum Gasteiger partial charge on any atom is -0.508 e. The van der Waals surface area contributed by atoms with Crippen LogP contribution in [0.3, 0.4) is 0 Å². The largest absolute Gasteiger partial charge is 0.508 e. The third-order valence-electron chi connectivity index (χ3n) is 10.6. The van der Waals surface area contributed by atoms with Crippen molar-refractivity contribution in [2.45, 2.75) is 95.3 Å². The molecule has 4 aromatic rings. The SMILES string of the molecule is Cc1cc(O)c(C2CCCCC2)cc1C1(c2cc(C3CCCCC3)c(O)cc2C)c2ccccc2-c2ccccc21. The number of aromatic hydroxyl groups is 2. The molecule has 3 aliphatic rings. The molecule has 3 aliphatic carbocycles. The van der Waals surface area contributed by atoms with Crippen molar-refractivity contribution >= 4 is 0 Å². The van der Waals surface area contributed by atoms with Gasteiger partial charge >= 0.3 is 0 Å². The van der Waals surface area contributed by atoms with E-state index in [0.29, 0.717) is 23.3 Å². The van der Waals surface area contributed by atoms with E-state index >= 15 is 0 Å². The smallest absolute Gasteiger partial charge is 0.119 e. The normalized spacial score (nSPS) is 18.7. The molecule has 7 rings (SSSR count). The van der Waals surface area contributed by atoms with E-state index in [1.165, 1.54) is 71.9 Å². The van der Waals surface area contributed by atoms with Crippen molar-refractivity contribution < 1.29 is 10.2 Å². The Morgan fingerprint density at radius 3 is 1.32 bits per heavy atom. The zero-order valence-electron chi connectivity index (χ0n) is 24.5. The van der Waals surface area contributed by atoms with Gasteiger partial charge in [0.2, 0.25) is 0 Å². The Morgan fingerprint density at radius 1 is 0.512 bits per heavy atom. The first-order valence-electron chi connectivity index (χ1n) is 15.9. The molecule has 0 amide bonds. The lowest BCUT2D eigenvalue weighted by molar-refractivity contribution is 0.412. The van der Waals surface area contributed by atoms with Crippen molar-refractivity contribution in [1.29, 1.82) is 0 Å². The summed E-state index contributed by atoms with van der Waals surface area (Å²) in [6.45, 7) is 4.34. The van der Waals surface area contributed by atoms with Crippen molar-refractivity contribution in [2.24, 2.45) is 0 Å². The molecule has 0 aromatic heterocycles. The number of hydrogen-bond donors (Lipinski definition) is 2. The van der Waals surface area contributed by atoms with Gasteiger partial charge in [-0.2, -0.15) is 0 Å². The number of phenolic OH excluding ortho intramolecular Hbond substituents is 2. The first-order chi connectivity index (χ1) is 20.0. The second-order valence-corrected chi connectivity index (χ2v) is 13.0. The van der Waals surface area contributed by atoms with Crippen LogP contribution >= 0.6 is 0 Å². The zero-order chi connectivity index (χ0) is 28.1. The highest BCUT2D eigenvalue weighted by molar-refractivity contribution is 5.87. The van der Waals surface area contributed by atoms with Crippen LogP contribution in [-0.4, -0.2) is 10.2 Å². The fourth-order valence-electron chi connectivity index (χ4n) is 8.67. The topological polar surface area (TPSA) is 40.5 Å². The molecule has 0 aliphatic heterocycles. The van der Waals surface area contributed by atoms with Crippen LogP contribution < -0.4 is 0 Å². The predicted octanol–water partition coefficient (Wildman–Crippen LogP) is 10.2. The maximum absolute atomic E-state index is 11.3. The Hall–Kier alpha value is -3.52. The number of hydrogen-bond acceptors (Lipinski definition) is 2. The van der Waals surface area contributed by atoms with Gasteiger partial charge in [0.25, 0.3) is 0 Å². The van der Waals surface area contributed by atoms with Crippen molar-refractivity contribution in [1.82, 2.24) is 0 Å². The standard InChI is InChI=1S/C39H42O2/c1-25-21-37(40)31(27-13-5-3-6-14-27)23-35(25)39(33-19-11-9-17-29(33)30-18-10-12-20-34(30)39)36-24-32(38(41)22-26(36)2)28-15-7-4-8-16-28/h9-12,17-24,27-28,40-41H,3-8,13-16H2,1-2H3. The minimum absolute atomic E-state index is 0.394. The summed E-state index contributed by atoms with van der Waals surface area (Å²) >= 11 is 0. The van der Waals surface area contributed by atoms with E-state index in [-0.39, 0.29) is 0 Å². The Bertz CT molecular complexity index is 1480.